The first kappa shape index (κ1) is 14.3. The molecule has 4 rings (SSSR count). The summed E-state index contributed by atoms with van der Waals surface area (Å²) >= 11 is 0. The van der Waals surface area contributed by atoms with Crippen molar-refractivity contribution in [3.8, 4) is 0 Å². The van der Waals surface area contributed by atoms with Crippen LogP contribution in [0.1, 0.15) is 17.5 Å². The highest BCUT2D eigenvalue weighted by molar-refractivity contribution is 7.92. The van der Waals surface area contributed by atoms with Crippen molar-refractivity contribution in [1.82, 2.24) is 0 Å². The predicted octanol–water partition coefficient (Wildman–Crippen LogP) is 2.32. The number of hydrogen-bond acceptors (Lipinski definition) is 3. The molecule has 0 saturated carbocycles. The molecule has 1 N–H and O–H groups in total. The molecule has 0 bridgehead atoms. The monoisotopic (exact) mass is 328 g/mol. The summed E-state index contributed by atoms with van der Waals surface area (Å²) < 4.78 is 27.9. The van der Waals surface area contributed by atoms with Crippen LogP contribution >= 0.6 is 0 Å². The quantitative estimate of drug-likeness (QED) is 0.940. The van der Waals surface area contributed by atoms with E-state index in [1.54, 1.807) is 41.3 Å². The summed E-state index contributed by atoms with van der Waals surface area (Å²) in [5.41, 5.74) is 3.37. The van der Waals surface area contributed by atoms with Crippen molar-refractivity contribution >= 4 is 27.3 Å². The average Bonchev–Trinajstić information content (AvgIpc) is 2.97. The summed E-state index contributed by atoms with van der Waals surface area (Å²) in [6, 6.07) is 12.2. The number of para-hydroxylation sites is 1. The molecule has 2 aromatic rings. The van der Waals surface area contributed by atoms with Gasteiger partial charge in [-0.25, -0.2) is 8.42 Å². The van der Waals surface area contributed by atoms with Gasteiger partial charge in [-0.2, -0.15) is 0 Å². The van der Waals surface area contributed by atoms with E-state index in [0.717, 1.165) is 16.8 Å². The number of hydrogen-bond donors (Lipinski definition) is 1. The number of nitrogens with zero attached hydrogens (tertiary/aromatic N) is 1. The van der Waals surface area contributed by atoms with E-state index in [0.29, 0.717) is 31.5 Å². The molecule has 0 atom stereocenters. The maximum Gasteiger partial charge on any atom is 0.261 e. The van der Waals surface area contributed by atoms with Crippen molar-refractivity contribution in [3.05, 3.63) is 53.6 Å². The Morgan fingerprint density at radius 2 is 1.65 bits per heavy atom. The molecule has 2 aliphatic rings. The van der Waals surface area contributed by atoms with Crippen molar-refractivity contribution in [2.75, 3.05) is 16.2 Å². The number of amides is 1. The molecule has 0 aliphatic carbocycles. The van der Waals surface area contributed by atoms with E-state index in [9.17, 15) is 13.2 Å². The molecule has 118 valence electrons. The molecular weight excluding hydrogens is 312 g/mol. The van der Waals surface area contributed by atoms with Crippen LogP contribution in [0.5, 0.6) is 0 Å². The van der Waals surface area contributed by atoms with E-state index in [1.807, 2.05) is 6.07 Å². The Kier molecular flexibility index (Phi) is 3.16. The summed E-state index contributed by atoms with van der Waals surface area (Å²) in [7, 11) is -3.63. The maximum absolute atomic E-state index is 12.6. The third-order valence-electron chi connectivity index (χ3n) is 4.36. The largest absolute Gasteiger partial charge is 0.312 e. The van der Waals surface area contributed by atoms with Gasteiger partial charge in [-0.3, -0.25) is 9.52 Å². The summed E-state index contributed by atoms with van der Waals surface area (Å²) in [5, 5.41) is 0. The molecule has 6 heteroatoms. The third kappa shape index (κ3) is 2.39. The molecule has 1 amide bonds. The zero-order valence-electron chi connectivity index (χ0n) is 12.5. The Labute approximate surface area is 135 Å². The number of carbonyl (C=O) groups is 1. The van der Waals surface area contributed by atoms with Gasteiger partial charge in [0, 0.05) is 18.7 Å². The minimum Gasteiger partial charge on any atom is -0.312 e. The SMILES string of the molecule is O=C1CCc2cc(S(=O)(=O)Nc3ccccc3)cc3c2N1CC3. The topological polar surface area (TPSA) is 66.5 Å². The summed E-state index contributed by atoms with van der Waals surface area (Å²) in [6.45, 7) is 0.650. The predicted molar refractivity (Wildman–Crippen MR) is 88.1 cm³/mol. The van der Waals surface area contributed by atoms with E-state index in [4.69, 9.17) is 0 Å². The van der Waals surface area contributed by atoms with Crippen LogP contribution in [0.2, 0.25) is 0 Å². The van der Waals surface area contributed by atoms with Gasteiger partial charge in [0.15, 0.2) is 0 Å². The van der Waals surface area contributed by atoms with E-state index >= 15 is 0 Å². The van der Waals surface area contributed by atoms with Gasteiger partial charge in [0.05, 0.1) is 10.6 Å². The number of nitrogens with one attached hydrogen (secondary N) is 1. The van der Waals surface area contributed by atoms with E-state index < -0.39 is 10.0 Å². The Hall–Kier alpha value is -2.34. The van der Waals surface area contributed by atoms with E-state index in [2.05, 4.69) is 4.72 Å². The number of benzene rings is 2. The van der Waals surface area contributed by atoms with Crippen molar-refractivity contribution < 1.29 is 13.2 Å². The molecule has 0 fully saturated rings. The molecule has 2 aliphatic heterocycles. The molecule has 0 saturated heterocycles. The van der Waals surface area contributed by atoms with Gasteiger partial charge in [0.25, 0.3) is 10.0 Å². The Morgan fingerprint density at radius 3 is 2.39 bits per heavy atom. The lowest BCUT2D eigenvalue weighted by atomic mass is 10.00. The van der Waals surface area contributed by atoms with Gasteiger partial charge in [0.1, 0.15) is 0 Å². The zero-order chi connectivity index (χ0) is 16.0. The molecule has 0 unspecified atom stereocenters. The van der Waals surface area contributed by atoms with Gasteiger partial charge in [-0.05, 0) is 48.2 Å². The normalized spacial score (nSPS) is 16.3. The van der Waals surface area contributed by atoms with E-state index in [-0.39, 0.29) is 10.8 Å². The van der Waals surface area contributed by atoms with Gasteiger partial charge in [-0.15, -0.1) is 0 Å². The number of sulfonamides is 1. The van der Waals surface area contributed by atoms with Gasteiger partial charge in [0.2, 0.25) is 5.91 Å². The highest BCUT2D eigenvalue weighted by atomic mass is 32.2. The zero-order valence-corrected chi connectivity index (χ0v) is 13.3. The van der Waals surface area contributed by atoms with E-state index in [1.165, 1.54) is 0 Å². The summed E-state index contributed by atoms with van der Waals surface area (Å²) in [5.74, 6) is 0.134. The van der Waals surface area contributed by atoms with Crippen LogP contribution in [0.3, 0.4) is 0 Å². The highest BCUT2D eigenvalue weighted by Gasteiger charge is 2.32. The first-order valence-corrected chi connectivity index (χ1v) is 9.07. The Balaban J connectivity index is 1.75. The van der Waals surface area contributed by atoms with Crippen LogP contribution in [0.25, 0.3) is 0 Å². The van der Waals surface area contributed by atoms with Crippen molar-refractivity contribution in [2.24, 2.45) is 0 Å². The molecule has 23 heavy (non-hydrogen) atoms. The first-order valence-electron chi connectivity index (χ1n) is 7.59. The van der Waals surface area contributed by atoms with Crippen molar-refractivity contribution in [1.29, 1.82) is 0 Å². The second kappa shape index (κ2) is 5.09. The van der Waals surface area contributed by atoms with Crippen molar-refractivity contribution in [3.63, 3.8) is 0 Å². The number of aryl methyl sites for hydroxylation is 1. The molecule has 5 nitrogen and oxygen atoms in total. The molecule has 0 spiro atoms. The fourth-order valence-corrected chi connectivity index (χ4v) is 4.46. The number of anilines is 2. The third-order valence-corrected chi connectivity index (χ3v) is 5.72. The van der Waals surface area contributed by atoms with Crippen molar-refractivity contribution in [2.45, 2.75) is 24.2 Å². The molecule has 2 heterocycles. The van der Waals surface area contributed by atoms with Crippen LogP contribution in [0, 0.1) is 0 Å². The lowest BCUT2D eigenvalue weighted by molar-refractivity contribution is -0.118. The van der Waals surface area contributed by atoms with Crippen LogP contribution in [0.4, 0.5) is 11.4 Å². The van der Waals surface area contributed by atoms with Crippen LogP contribution < -0.4 is 9.62 Å². The van der Waals surface area contributed by atoms with Crippen LogP contribution in [0.15, 0.2) is 47.4 Å². The average molecular weight is 328 g/mol. The molecular formula is C17H16N2O3S. The standard InChI is InChI=1S/C17H16N2O3S/c20-16-7-6-12-10-15(11-13-8-9-19(16)17(12)13)23(21,22)18-14-4-2-1-3-5-14/h1-5,10-11,18H,6-9H2. The fourth-order valence-electron chi connectivity index (χ4n) is 3.30. The second-order valence-electron chi connectivity index (χ2n) is 5.86. The Bertz CT molecular complexity index is 892. The van der Waals surface area contributed by atoms with Gasteiger partial charge in [-0.1, -0.05) is 18.2 Å². The molecule has 2 aromatic carbocycles. The Morgan fingerprint density at radius 1 is 0.957 bits per heavy atom. The smallest absolute Gasteiger partial charge is 0.261 e. The lowest BCUT2D eigenvalue weighted by Gasteiger charge is -2.25. The minimum atomic E-state index is -3.63. The maximum atomic E-state index is 12.6. The summed E-state index contributed by atoms with van der Waals surface area (Å²) in [6.07, 6.45) is 1.76. The van der Waals surface area contributed by atoms with Gasteiger partial charge >= 0.3 is 0 Å². The number of rotatable bonds is 3. The first-order chi connectivity index (χ1) is 11.0. The molecule has 0 aromatic heterocycles. The lowest BCUT2D eigenvalue weighted by Crippen LogP contribution is -2.33. The van der Waals surface area contributed by atoms with Crippen LogP contribution in [-0.2, 0) is 27.7 Å². The minimum absolute atomic E-state index is 0.134. The number of carbonyl (C=O) groups excluding carboxylic acids is 1. The fraction of sp³-hybridized carbons (Fsp3) is 0.235. The second-order valence-corrected chi connectivity index (χ2v) is 7.54. The molecule has 0 radical (unpaired) electrons. The summed E-state index contributed by atoms with van der Waals surface area (Å²) in [4.78, 5) is 14.0. The van der Waals surface area contributed by atoms with Gasteiger partial charge < -0.3 is 4.90 Å². The highest BCUT2D eigenvalue weighted by Crippen LogP contribution is 2.38. The van der Waals surface area contributed by atoms with Crippen LogP contribution in [-0.4, -0.2) is 20.9 Å².